The molecule has 0 unspecified atom stereocenters. The van der Waals surface area contributed by atoms with Gasteiger partial charge in [-0.1, -0.05) is 6.92 Å². The lowest BCUT2D eigenvalue weighted by atomic mass is 10.0. The monoisotopic (exact) mass is 625 g/mol. The van der Waals surface area contributed by atoms with Crippen LogP contribution in [0.15, 0.2) is 36.4 Å². The number of benzene rings is 2. The number of amides is 4. The number of urea groups is 1. The fraction of sp³-hybridized carbons (Fsp3) is 0.531. The van der Waals surface area contributed by atoms with Crippen molar-refractivity contribution in [2.24, 2.45) is 5.92 Å². The molecule has 0 aromatic heterocycles. The van der Waals surface area contributed by atoms with Crippen LogP contribution in [0.25, 0.3) is 0 Å². The van der Waals surface area contributed by atoms with Gasteiger partial charge in [-0.15, -0.1) is 0 Å². The van der Waals surface area contributed by atoms with Crippen molar-refractivity contribution in [2.45, 2.75) is 38.8 Å². The molecule has 2 aromatic rings. The summed E-state index contributed by atoms with van der Waals surface area (Å²) < 4.78 is 22.7. The minimum atomic E-state index is -0.482. The number of ether oxygens (including phenoxy) is 4. The number of nitrogens with zero attached hydrogens (tertiary/aromatic N) is 3. The molecule has 3 atom stereocenters. The van der Waals surface area contributed by atoms with Gasteiger partial charge in [0.1, 0.15) is 11.9 Å². The van der Waals surface area contributed by atoms with Crippen molar-refractivity contribution in [1.82, 2.24) is 14.7 Å². The lowest BCUT2D eigenvalue weighted by Gasteiger charge is -2.34. The third-order valence-corrected chi connectivity index (χ3v) is 8.38. The number of aliphatic hydroxyl groups is 1. The van der Waals surface area contributed by atoms with Crippen LogP contribution in [0.2, 0.25) is 0 Å². The van der Waals surface area contributed by atoms with E-state index in [0.29, 0.717) is 66.9 Å². The molecule has 4 amide bonds. The molecule has 0 aliphatic carbocycles. The Hall–Kier alpha value is -4.07. The van der Waals surface area contributed by atoms with Gasteiger partial charge >= 0.3 is 6.03 Å². The van der Waals surface area contributed by atoms with Gasteiger partial charge in [0.25, 0.3) is 0 Å². The van der Waals surface area contributed by atoms with E-state index >= 15 is 0 Å². The van der Waals surface area contributed by atoms with Crippen molar-refractivity contribution in [3.63, 3.8) is 0 Å². The number of nitrogens with one attached hydrogen (secondary N) is 2. The van der Waals surface area contributed by atoms with Gasteiger partial charge in [0.15, 0.2) is 11.5 Å². The highest BCUT2D eigenvalue weighted by Crippen LogP contribution is 2.34. The van der Waals surface area contributed by atoms with E-state index in [1.54, 1.807) is 55.3 Å². The number of hydrogen-bond acceptors (Lipinski definition) is 9. The molecular weight excluding hydrogens is 582 g/mol. The fourth-order valence-electron chi connectivity index (χ4n) is 5.58. The summed E-state index contributed by atoms with van der Waals surface area (Å²) >= 11 is 0. The highest BCUT2D eigenvalue weighted by molar-refractivity contribution is 5.91. The van der Waals surface area contributed by atoms with Crippen LogP contribution < -0.4 is 24.8 Å². The van der Waals surface area contributed by atoms with Crippen LogP contribution in [0.5, 0.6) is 17.2 Å². The van der Waals surface area contributed by atoms with Crippen molar-refractivity contribution < 1.29 is 38.4 Å². The topological polar surface area (TPSA) is 142 Å². The summed E-state index contributed by atoms with van der Waals surface area (Å²) in [6.45, 7) is 7.89. The van der Waals surface area contributed by atoms with Crippen LogP contribution in [0.1, 0.15) is 25.8 Å². The summed E-state index contributed by atoms with van der Waals surface area (Å²) in [5, 5.41) is 15.8. The van der Waals surface area contributed by atoms with Gasteiger partial charge in [0.05, 0.1) is 38.8 Å². The van der Waals surface area contributed by atoms with Gasteiger partial charge in [-0.2, -0.15) is 0 Å². The van der Waals surface area contributed by atoms with Crippen LogP contribution in [-0.4, -0.2) is 116 Å². The maximum Gasteiger partial charge on any atom is 0.321 e. The zero-order valence-electron chi connectivity index (χ0n) is 26.1. The number of hydrogen-bond donors (Lipinski definition) is 3. The van der Waals surface area contributed by atoms with Crippen molar-refractivity contribution in [3.05, 3.63) is 42.0 Å². The number of carbonyl (C=O) groups excluding carboxylic acids is 3. The van der Waals surface area contributed by atoms with E-state index in [9.17, 15) is 19.5 Å². The van der Waals surface area contributed by atoms with E-state index in [1.165, 1.54) is 4.90 Å². The number of likely N-dealkylation sites (N-methyl/N-ethyl adjacent to an activating group) is 1. The Balaban J connectivity index is 1.30. The molecule has 0 saturated carbocycles. The summed E-state index contributed by atoms with van der Waals surface area (Å²) in [5.41, 5.74) is 1.76. The molecule has 5 rings (SSSR count). The third-order valence-electron chi connectivity index (χ3n) is 8.38. The molecule has 0 radical (unpaired) electrons. The van der Waals surface area contributed by atoms with Crippen molar-refractivity contribution in [1.29, 1.82) is 0 Å². The molecule has 2 aromatic carbocycles. The average molecular weight is 626 g/mol. The SMILES string of the molecule is C[C@H]1CN([C@@H](C)CO)C(=O)Cc2cc(NC(=O)CCN3CCOCC3)ccc2O[C@@H]1CN(C)C(=O)Nc1ccc2c(c1)OCO2. The minimum absolute atomic E-state index is 0.0387. The molecule has 0 bridgehead atoms. The molecule has 244 valence electrons. The summed E-state index contributed by atoms with van der Waals surface area (Å²) in [6.07, 6.45) is -0.101. The maximum absolute atomic E-state index is 13.5. The van der Waals surface area contributed by atoms with Gasteiger partial charge in [0.2, 0.25) is 18.6 Å². The van der Waals surface area contributed by atoms with Crippen LogP contribution in [0.4, 0.5) is 16.2 Å². The van der Waals surface area contributed by atoms with E-state index in [4.69, 9.17) is 18.9 Å². The first-order valence-electron chi connectivity index (χ1n) is 15.4. The summed E-state index contributed by atoms with van der Waals surface area (Å²) in [7, 11) is 1.68. The molecular formula is C32H43N5O8. The van der Waals surface area contributed by atoms with E-state index in [1.807, 2.05) is 6.92 Å². The summed E-state index contributed by atoms with van der Waals surface area (Å²) in [6, 6.07) is 9.75. The second kappa shape index (κ2) is 14.8. The molecule has 13 nitrogen and oxygen atoms in total. The van der Waals surface area contributed by atoms with Crippen LogP contribution in [0.3, 0.4) is 0 Å². The molecule has 45 heavy (non-hydrogen) atoms. The van der Waals surface area contributed by atoms with Gasteiger partial charge in [-0.05, 0) is 37.3 Å². The van der Waals surface area contributed by atoms with Crippen molar-refractivity contribution >= 4 is 29.2 Å². The smallest absolute Gasteiger partial charge is 0.321 e. The first-order valence-corrected chi connectivity index (χ1v) is 15.4. The van der Waals surface area contributed by atoms with Gasteiger partial charge < -0.3 is 44.5 Å². The van der Waals surface area contributed by atoms with Gasteiger partial charge in [0, 0.05) is 68.6 Å². The fourth-order valence-corrected chi connectivity index (χ4v) is 5.58. The molecule has 3 aliphatic heterocycles. The maximum atomic E-state index is 13.5. The number of fused-ring (bicyclic) bond motifs is 2. The number of anilines is 2. The summed E-state index contributed by atoms with van der Waals surface area (Å²) in [4.78, 5) is 44.8. The standard InChI is InChI=1S/C32H43N5O8/c1-21-17-37(22(2)19-38)31(40)15-23-14-24(33-30(39)8-9-36-10-12-42-13-11-36)4-6-26(23)45-29(21)18-35(3)32(41)34-25-5-7-27-28(16-25)44-20-43-27/h4-7,14,16,21-22,29,38H,8-13,15,17-20H2,1-3H3,(H,33,39)(H,34,41)/t21-,22-,29+/m0/s1. The first-order chi connectivity index (χ1) is 21.7. The quantitative estimate of drug-likeness (QED) is 0.383. The number of aliphatic hydroxyl groups excluding tert-OH is 1. The number of morpholine rings is 1. The molecule has 1 fully saturated rings. The molecule has 3 aliphatic rings. The predicted octanol–water partition coefficient (Wildman–Crippen LogP) is 2.39. The van der Waals surface area contributed by atoms with Gasteiger partial charge in [-0.3, -0.25) is 14.5 Å². The second-order valence-electron chi connectivity index (χ2n) is 11.8. The van der Waals surface area contributed by atoms with E-state index in [2.05, 4.69) is 15.5 Å². The normalized spacial score (nSPS) is 20.6. The molecule has 1 saturated heterocycles. The van der Waals surface area contributed by atoms with E-state index < -0.39 is 12.1 Å². The largest absolute Gasteiger partial charge is 0.488 e. The highest BCUT2D eigenvalue weighted by atomic mass is 16.7. The zero-order valence-corrected chi connectivity index (χ0v) is 26.1. The highest BCUT2D eigenvalue weighted by Gasteiger charge is 2.32. The lowest BCUT2D eigenvalue weighted by Crippen LogP contribution is -2.48. The summed E-state index contributed by atoms with van der Waals surface area (Å²) in [5.74, 6) is 1.24. The number of rotatable bonds is 9. The molecule has 3 heterocycles. The van der Waals surface area contributed by atoms with E-state index in [0.717, 1.165) is 13.1 Å². The average Bonchev–Trinajstić information content (AvgIpc) is 3.52. The Bertz CT molecular complexity index is 1370. The van der Waals surface area contributed by atoms with Crippen LogP contribution >= 0.6 is 0 Å². The third kappa shape index (κ3) is 8.35. The Morgan fingerprint density at radius 2 is 1.76 bits per heavy atom. The van der Waals surface area contributed by atoms with Crippen molar-refractivity contribution in [3.8, 4) is 17.2 Å². The lowest BCUT2D eigenvalue weighted by molar-refractivity contribution is -0.134. The molecule has 13 heteroatoms. The zero-order chi connectivity index (χ0) is 31.9. The molecule has 3 N–H and O–H groups in total. The Morgan fingerprint density at radius 3 is 2.51 bits per heavy atom. The number of carbonyl (C=O) groups is 3. The molecule has 0 spiro atoms. The Labute approximate surface area is 263 Å². The minimum Gasteiger partial charge on any atom is -0.488 e. The van der Waals surface area contributed by atoms with Gasteiger partial charge in [-0.25, -0.2) is 4.79 Å². The van der Waals surface area contributed by atoms with Crippen LogP contribution in [0, 0.1) is 5.92 Å². The predicted molar refractivity (Wildman–Crippen MR) is 167 cm³/mol. The second-order valence-corrected chi connectivity index (χ2v) is 11.8. The first kappa shape index (κ1) is 32.3. The Kier molecular flexibility index (Phi) is 10.6. The van der Waals surface area contributed by atoms with Crippen LogP contribution in [-0.2, 0) is 20.7 Å². The van der Waals surface area contributed by atoms with E-state index in [-0.39, 0.29) is 50.1 Å². The Morgan fingerprint density at radius 1 is 1.04 bits per heavy atom. The van der Waals surface area contributed by atoms with Crippen molar-refractivity contribution in [2.75, 3.05) is 77.0 Å².